The van der Waals surface area contributed by atoms with E-state index in [2.05, 4.69) is 39.9 Å². The average molecular weight is 414 g/mol. The van der Waals surface area contributed by atoms with Crippen molar-refractivity contribution < 1.29 is 9.59 Å². The maximum atomic E-state index is 12.9. The van der Waals surface area contributed by atoms with Crippen LogP contribution in [0.2, 0.25) is 0 Å². The van der Waals surface area contributed by atoms with Crippen molar-refractivity contribution in [3.05, 3.63) is 11.6 Å². The summed E-state index contributed by atoms with van der Waals surface area (Å²) in [6, 6.07) is 0.274. The Morgan fingerprint density at radius 1 is 1.03 bits per heavy atom. The van der Waals surface area contributed by atoms with Gasteiger partial charge in [-0.15, -0.1) is 0 Å². The molecule has 0 aromatic carbocycles. The molecule has 1 N–H and O–H groups in total. The lowest BCUT2D eigenvalue weighted by atomic mass is 9.51. The van der Waals surface area contributed by atoms with Crippen LogP contribution in [0.25, 0.3) is 0 Å². The van der Waals surface area contributed by atoms with E-state index in [4.69, 9.17) is 0 Å². The zero-order valence-electron chi connectivity index (χ0n) is 19.9. The maximum Gasteiger partial charge on any atom is 0.244 e. The Balaban J connectivity index is 1.55. The van der Waals surface area contributed by atoms with Gasteiger partial charge in [0, 0.05) is 25.0 Å². The summed E-state index contributed by atoms with van der Waals surface area (Å²) in [5, 5.41) is 3.46. The normalized spacial score (nSPS) is 42.0. The van der Waals surface area contributed by atoms with Gasteiger partial charge in [0.25, 0.3) is 0 Å². The predicted octanol–water partition coefficient (Wildman–Crippen LogP) is 6.08. The van der Waals surface area contributed by atoms with Crippen LogP contribution < -0.4 is 5.32 Å². The minimum absolute atomic E-state index is 0.0139. The fourth-order valence-electron chi connectivity index (χ4n) is 8.15. The van der Waals surface area contributed by atoms with Gasteiger partial charge in [0.2, 0.25) is 5.91 Å². The second-order valence-corrected chi connectivity index (χ2v) is 12.1. The fraction of sp³-hybridized carbons (Fsp3) is 0.852. The molecule has 3 fully saturated rings. The molecule has 3 heteroatoms. The highest BCUT2D eigenvalue weighted by Gasteiger charge is 2.59. The third kappa shape index (κ3) is 3.69. The van der Waals surface area contributed by atoms with Gasteiger partial charge in [0.1, 0.15) is 5.78 Å². The van der Waals surface area contributed by atoms with Gasteiger partial charge in [-0.1, -0.05) is 59.5 Å². The van der Waals surface area contributed by atoms with Crippen LogP contribution in [-0.4, -0.2) is 17.7 Å². The van der Waals surface area contributed by atoms with Gasteiger partial charge in [-0.05, 0) is 72.5 Å². The molecule has 0 aromatic rings. The highest BCUT2D eigenvalue weighted by Crippen LogP contribution is 2.63. The smallest absolute Gasteiger partial charge is 0.244 e. The number of carbonyl (C=O) groups excluding carboxylic acids is 2. The van der Waals surface area contributed by atoms with Crippen molar-refractivity contribution in [1.82, 2.24) is 5.32 Å². The monoisotopic (exact) mass is 413 g/mol. The van der Waals surface area contributed by atoms with Gasteiger partial charge in [-0.3, -0.25) is 9.59 Å². The molecule has 0 radical (unpaired) electrons. The Morgan fingerprint density at radius 3 is 2.53 bits per heavy atom. The first-order valence-electron chi connectivity index (χ1n) is 12.7. The Labute approximate surface area is 183 Å². The molecule has 30 heavy (non-hydrogen) atoms. The molecule has 3 aliphatic carbocycles. The Hall–Kier alpha value is -1.12. The van der Waals surface area contributed by atoms with E-state index < -0.39 is 0 Å². The molecule has 3 saturated carbocycles. The van der Waals surface area contributed by atoms with Crippen molar-refractivity contribution in [3.63, 3.8) is 0 Å². The van der Waals surface area contributed by atoms with Crippen molar-refractivity contribution in [3.8, 4) is 0 Å². The number of hydrogen-bond acceptors (Lipinski definition) is 2. The first kappa shape index (κ1) is 22.1. The van der Waals surface area contributed by atoms with Crippen LogP contribution in [0.3, 0.4) is 0 Å². The van der Waals surface area contributed by atoms with E-state index in [0.29, 0.717) is 35.9 Å². The summed E-state index contributed by atoms with van der Waals surface area (Å²) in [6.45, 7) is 12.0. The van der Waals surface area contributed by atoms with E-state index in [1.54, 1.807) is 6.08 Å². The first-order valence-corrected chi connectivity index (χ1v) is 12.7. The Bertz CT molecular complexity index is 724. The van der Waals surface area contributed by atoms with E-state index in [1.165, 1.54) is 44.9 Å². The van der Waals surface area contributed by atoms with E-state index in [-0.39, 0.29) is 17.4 Å². The molecule has 1 heterocycles. The Morgan fingerprint density at radius 2 is 1.80 bits per heavy atom. The zero-order chi connectivity index (χ0) is 21.7. The van der Waals surface area contributed by atoms with E-state index in [1.807, 2.05) is 0 Å². The highest BCUT2D eigenvalue weighted by molar-refractivity contribution is 5.92. The van der Waals surface area contributed by atoms with Crippen LogP contribution in [0, 0.1) is 40.4 Å². The molecule has 4 rings (SSSR count). The van der Waals surface area contributed by atoms with Crippen molar-refractivity contribution in [2.45, 2.75) is 105 Å². The second-order valence-electron chi connectivity index (χ2n) is 12.1. The fourth-order valence-corrected chi connectivity index (χ4v) is 8.15. The number of rotatable bonds is 5. The van der Waals surface area contributed by atoms with Crippen molar-refractivity contribution in [2.24, 2.45) is 40.4 Å². The summed E-state index contributed by atoms with van der Waals surface area (Å²) < 4.78 is 0. The van der Waals surface area contributed by atoms with Crippen LogP contribution in [0.4, 0.5) is 0 Å². The molecule has 1 aliphatic heterocycles. The second kappa shape index (κ2) is 8.10. The largest absolute Gasteiger partial charge is 0.349 e. The predicted molar refractivity (Wildman–Crippen MR) is 122 cm³/mol. The van der Waals surface area contributed by atoms with E-state index in [9.17, 15) is 9.59 Å². The van der Waals surface area contributed by atoms with Crippen LogP contribution in [0.5, 0.6) is 0 Å². The number of carbonyl (C=O) groups is 2. The number of hydrogen-bond donors (Lipinski definition) is 1. The molecular weight excluding hydrogens is 370 g/mol. The number of Topliss-reactive ketones (excluding diaryl/α,β-unsaturated/α-hetero) is 1. The number of fused-ring (bicyclic) bond motifs is 5. The summed E-state index contributed by atoms with van der Waals surface area (Å²) in [5.41, 5.74) is 1.47. The lowest BCUT2D eigenvalue weighted by Gasteiger charge is -2.54. The summed E-state index contributed by atoms with van der Waals surface area (Å²) in [6.07, 6.45) is 13.0. The van der Waals surface area contributed by atoms with Gasteiger partial charge < -0.3 is 5.32 Å². The van der Waals surface area contributed by atoms with Crippen LogP contribution in [-0.2, 0) is 9.59 Å². The van der Waals surface area contributed by atoms with Crippen LogP contribution >= 0.6 is 0 Å². The minimum Gasteiger partial charge on any atom is -0.349 e. The number of allylic oxidation sites excluding steroid dienone is 1. The van der Waals surface area contributed by atoms with Crippen molar-refractivity contribution >= 4 is 11.7 Å². The molecule has 0 aromatic heterocycles. The molecule has 0 spiro atoms. The lowest BCUT2D eigenvalue weighted by Crippen LogP contribution is -2.56. The van der Waals surface area contributed by atoms with Gasteiger partial charge in [0.05, 0.1) is 0 Å². The molecule has 3 nitrogen and oxygen atoms in total. The average Bonchev–Trinajstić information content (AvgIpc) is 2.97. The van der Waals surface area contributed by atoms with Crippen molar-refractivity contribution in [1.29, 1.82) is 0 Å². The molecule has 7 atom stereocenters. The minimum atomic E-state index is 0.0139. The summed E-state index contributed by atoms with van der Waals surface area (Å²) in [7, 11) is 0. The first-order chi connectivity index (χ1) is 14.1. The molecule has 5 unspecified atom stereocenters. The molecule has 0 bridgehead atoms. The lowest BCUT2D eigenvalue weighted by molar-refractivity contribution is -0.122. The van der Waals surface area contributed by atoms with E-state index in [0.717, 1.165) is 29.7 Å². The van der Waals surface area contributed by atoms with Crippen LogP contribution in [0.1, 0.15) is 98.8 Å². The summed E-state index contributed by atoms with van der Waals surface area (Å²) in [5.74, 6) is 3.78. The number of amides is 1. The van der Waals surface area contributed by atoms with Gasteiger partial charge >= 0.3 is 0 Å². The molecule has 1 amide bonds. The van der Waals surface area contributed by atoms with Gasteiger partial charge in [-0.2, -0.15) is 0 Å². The topological polar surface area (TPSA) is 46.2 Å². The van der Waals surface area contributed by atoms with Gasteiger partial charge in [0.15, 0.2) is 0 Å². The standard InChI is InChI=1S/C27H43NO2/c1-17(2)7-6-8-18(3)21-9-10-22-25-23(12-14-27(21,22)5)26(4)13-11-20(29)15-19(26)16-24(30)28-25/h16-18,21-23,25H,6-15H2,1-5H3,(H,28,30)/t18?,21?,22?,23?,25?,26-,27+/m0/s1. The third-order valence-corrected chi connectivity index (χ3v) is 9.95. The van der Waals surface area contributed by atoms with E-state index >= 15 is 0 Å². The SMILES string of the molecule is CC(C)CCCC(C)C1CCC2C3NC(=O)C=C4CC(=O)CC[C@]4(C)C3CC[C@]12C. The molecule has 0 saturated heterocycles. The summed E-state index contributed by atoms with van der Waals surface area (Å²) in [4.78, 5) is 25.0. The highest BCUT2D eigenvalue weighted by atomic mass is 16.1. The Kier molecular flexibility index (Phi) is 5.96. The van der Waals surface area contributed by atoms with Crippen molar-refractivity contribution in [2.75, 3.05) is 0 Å². The molecule has 168 valence electrons. The van der Waals surface area contributed by atoms with Crippen LogP contribution in [0.15, 0.2) is 11.6 Å². The summed E-state index contributed by atoms with van der Waals surface area (Å²) >= 11 is 0. The maximum absolute atomic E-state index is 12.9. The zero-order valence-corrected chi connectivity index (χ0v) is 19.9. The van der Waals surface area contributed by atoms with Gasteiger partial charge in [-0.25, -0.2) is 0 Å². The molecular formula is C27H43NO2. The third-order valence-electron chi connectivity index (χ3n) is 9.95. The molecule has 4 aliphatic rings. The quantitative estimate of drug-likeness (QED) is 0.594. The number of nitrogens with one attached hydrogen (secondary N) is 1. The number of ketones is 1.